The summed E-state index contributed by atoms with van der Waals surface area (Å²) in [5, 5.41) is 0. The highest BCUT2D eigenvalue weighted by Crippen LogP contribution is 2.17. The summed E-state index contributed by atoms with van der Waals surface area (Å²) < 4.78 is 0. The molecule has 0 saturated heterocycles. The maximum atomic E-state index is 11.3. The van der Waals surface area contributed by atoms with Gasteiger partial charge in [-0.2, -0.15) is 0 Å². The number of rotatable bonds is 4. The fourth-order valence-electron chi connectivity index (χ4n) is 1.58. The van der Waals surface area contributed by atoms with E-state index >= 15 is 0 Å². The van der Waals surface area contributed by atoms with Gasteiger partial charge in [0.1, 0.15) is 5.82 Å². The molecule has 0 unspecified atom stereocenters. The van der Waals surface area contributed by atoms with Crippen molar-refractivity contribution in [1.82, 2.24) is 9.97 Å². The van der Waals surface area contributed by atoms with Crippen molar-refractivity contribution in [3.05, 3.63) is 27.9 Å². The van der Waals surface area contributed by atoms with Gasteiger partial charge in [0.15, 0.2) is 0 Å². The Morgan fingerprint density at radius 1 is 1.36 bits per heavy atom. The van der Waals surface area contributed by atoms with Gasteiger partial charge in [-0.05, 0) is 19.3 Å². The van der Waals surface area contributed by atoms with Crippen LogP contribution < -0.4 is 5.56 Å². The number of hydrogen-bond acceptors (Lipinski definition) is 2. The zero-order valence-corrected chi connectivity index (χ0v) is 9.13. The van der Waals surface area contributed by atoms with Gasteiger partial charge in [-0.15, -0.1) is 0 Å². The van der Waals surface area contributed by atoms with E-state index in [1.807, 2.05) is 6.92 Å². The van der Waals surface area contributed by atoms with Crippen molar-refractivity contribution in [1.29, 1.82) is 0 Å². The summed E-state index contributed by atoms with van der Waals surface area (Å²) in [4.78, 5) is 18.6. The molecule has 1 N–H and O–H groups in total. The Bertz CT molecular complexity index is 339. The number of nitrogens with zero attached hydrogens (tertiary/aromatic N) is 1. The third-order valence-electron chi connectivity index (χ3n) is 2.55. The molecule has 0 aliphatic carbocycles. The van der Waals surface area contributed by atoms with E-state index in [4.69, 9.17) is 0 Å². The molecule has 1 heterocycles. The maximum absolute atomic E-state index is 11.3. The first kappa shape index (κ1) is 11.0. The second kappa shape index (κ2) is 4.94. The van der Waals surface area contributed by atoms with Gasteiger partial charge in [0.25, 0.3) is 5.56 Å². The highest BCUT2D eigenvalue weighted by molar-refractivity contribution is 5.05. The van der Waals surface area contributed by atoms with Crippen LogP contribution in [-0.2, 0) is 6.42 Å². The summed E-state index contributed by atoms with van der Waals surface area (Å²) in [5.74, 6) is 1.23. The first-order chi connectivity index (χ1) is 6.71. The minimum Gasteiger partial charge on any atom is -0.310 e. The lowest BCUT2D eigenvalue weighted by molar-refractivity contribution is 0.595. The van der Waals surface area contributed by atoms with Crippen molar-refractivity contribution in [3.63, 3.8) is 0 Å². The molecule has 3 nitrogen and oxygen atoms in total. The zero-order chi connectivity index (χ0) is 10.6. The largest absolute Gasteiger partial charge is 0.310 e. The minimum absolute atomic E-state index is 0.0289. The molecule has 1 aromatic heterocycles. The van der Waals surface area contributed by atoms with Crippen LogP contribution in [0.1, 0.15) is 51.0 Å². The number of hydrogen-bond donors (Lipinski definition) is 1. The van der Waals surface area contributed by atoms with E-state index in [1.165, 1.54) is 0 Å². The van der Waals surface area contributed by atoms with Gasteiger partial charge in [-0.3, -0.25) is 4.79 Å². The SMILES string of the molecule is CCc1cc(=O)[nH]c(C(CC)CC)n1. The smallest absolute Gasteiger partial charge is 0.251 e. The monoisotopic (exact) mass is 194 g/mol. The molecule has 0 aliphatic rings. The van der Waals surface area contributed by atoms with Crippen LogP contribution in [0.25, 0.3) is 0 Å². The quantitative estimate of drug-likeness (QED) is 0.799. The van der Waals surface area contributed by atoms with Gasteiger partial charge in [-0.1, -0.05) is 20.8 Å². The van der Waals surface area contributed by atoms with E-state index in [0.717, 1.165) is 30.8 Å². The fraction of sp³-hybridized carbons (Fsp3) is 0.636. The molecule has 1 rings (SSSR count). The van der Waals surface area contributed by atoms with E-state index in [1.54, 1.807) is 6.07 Å². The fourth-order valence-corrected chi connectivity index (χ4v) is 1.58. The van der Waals surface area contributed by atoms with Gasteiger partial charge in [0.2, 0.25) is 0 Å². The van der Waals surface area contributed by atoms with Crippen molar-refractivity contribution >= 4 is 0 Å². The Hall–Kier alpha value is -1.12. The van der Waals surface area contributed by atoms with E-state index in [-0.39, 0.29) is 5.56 Å². The van der Waals surface area contributed by atoms with E-state index < -0.39 is 0 Å². The van der Waals surface area contributed by atoms with Gasteiger partial charge >= 0.3 is 0 Å². The van der Waals surface area contributed by atoms with E-state index in [9.17, 15) is 4.79 Å². The van der Waals surface area contributed by atoms with Crippen molar-refractivity contribution in [2.45, 2.75) is 46.0 Å². The molecule has 0 spiro atoms. The molecule has 0 atom stereocenters. The number of aromatic nitrogens is 2. The normalized spacial score (nSPS) is 10.9. The highest BCUT2D eigenvalue weighted by Gasteiger charge is 2.10. The topological polar surface area (TPSA) is 45.8 Å². The highest BCUT2D eigenvalue weighted by atomic mass is 16.1. The molecule has 14 heavy (non-hydrogen) atoms. The summed E-state index contributed by atoms with van der Waals surface area (Å²) in [7, 11) is 0. The summed E-state index contributed by atoms with van der Waals surface area (Å²) in [6.07, 6.45) is 2.86. The van der Waals surface area contributed by atoms with Gasteiger partial charge in [0, 0.05) is 17.7 Å². The second-order valence-electron chi connectivity index (χ2n) is 3.49. The molecule has 3 heteroatoms. The van der Waals surface area contributed by atoms with E-state index in [0.29, 0.717) is 5.92 Å². The zero-order valence-electron chi connectivity index (χ0n) is 9.13. The third kappa shape index (κ3) is 2.44. The predicted molar refractivity (Wildman–Crippen MR) is 57.6 cm³/mol. The van der Waals surface area contributed by atoms with Crippen molar-refractivity contribution < 1.29 is 0 Å². The minimum atomic E-state index is -0.0289. The predicted octanol–water partition coefficient (Wildman–Crippen LogP) is 2.24. The average molecular weight is 194 g/mol. The van der Waals surface area contributed by atoms with Crippen LogP contribution in [0, 0.1) is 0 Å². The number of aromatic amines is 1. The Balaban J connectivity index is 3.07. The lowest BCUT2D eigenvalue weighted by atomic mass is 10.0. The molecule has 0 amide bonds. The molecular weight excluding hydrogens is 176 g/mol. The van der Waals surface area contributed by atoms with Crippen LogP contribution in [0.15, 0.2) is 10.9 Å². The molecule has 0 aromatic carbocycles. The van der Waals surface area contributed by atoms with Crippen LogP contribution in [-0.4, -0.2) is 9.97 Å². The van der Waals surface area contributed by atoms with Crippen LogP contribution >= 0.6 is 0 Å². The molecular formula is C11H18N2O. The second-order valence-corrected chi connectivity index (χ2v) is 3.49. The van der Waals surface area contributed by atoms with Crippen LogP contribution in [0.2, 0.25) is 0 Å². The number of H-pyrrole nitrogens is 1. The summed E-state index contributed by atoms with van der Waals surface area (Å²) in [5.41, 5.74) is 0.856. The lowest BCUT2D eigenvalue weighted by Crippen LogP contribution is -2.15. The molecule has 78 valence electrons. The van der Waals surface area contributed by atoms with Crippen molar-refractivity contribution in [2.24, 2.45) is 0 Å². The number of nitrogens with one attached hydrogen (secondary N) is 1. The van der Waals surface area contributed by atoms with Crippen molar-refractivity contribution in [3.8, 4) is 0 Å². The first-order valence-corrected chi connectivity index (χ1v) is 5.31. The standard InChI is InChI=1S/C11H18N2O/c1-4-8(5-2)11-12-9(6-3)7-10(14)13-11/h7-8H,4-6H2,1-3H3,(H,12,13,14). The van der Waals surface area contributed by atoms with Crippen LogP contribution in [0.4, 0.5) is 0 Å². The Labute approximate surface area is 84.6 Å². The van der Waals surface area contributed by atoms with E-state index in [2.05, 4.69) is 23.8 Å². The maximum Gasteiger partial charge on any atom is 0.251 e. The van der Waals surface area contributed by atoms with Gasteiger partial charge < -0.3 is 4.98 Å². The molecule has 0 radical (unpaired) electrons. The molecule has 0 bridgehead atoms. The summed E-state index contributed by atoms with van der Waals surface area (Å²) in [6, 6.07) is 1.58. The van der Waals surface area contributed by atoms with Gasteiger partial charge in [-0.25, -0.2) is 4.98 Å². The molecule has 0 aliphatic heterocycles. The average Bonchev–Trinajstić information content (AvgIpc) is 2.19. The first-order valence-electron chi connectivity index (χ1n) is 5.31. The van der Waals surface area contributed by atoms with Gasteiger partial charge in [0.05, 0.1) is 0 Å². The Morgan fingerprint density at radius 2 is 2.00 bits per heavy atom. The third-order valence-corrected chi connectivity index (χ3v) is 2.55. The Morgan fingerprint density at radius 3 is 2.50 bits per heavy atom. The summed E-state index contributed by atoms with van der Waals surface area (Å²) >= 11 is 0. The number of aryl methyl sites for hydroxylation is 1. The molecule has 1 aromatic rings. The van der Waals surface area contributed by atoms with Crippen LogP contribution in [0.5, 0.6) is 0 Å². The van der Waals surface area contributed by atoms with Crippen molar-refractivity contribution in [2.75, 3.05) is 0 Å². The van der Waals surface area contributed by atoms with Crippen LogP contribution in [0.3, 0.4) is 0 Å². The molecule has 0 saturated carbocycles. The lowest BCUT2D eigenvalue weighted by Gasteiger charge is -2.11. The molecule has 0 fully saturated rings. The Kier molecular flexibility index (Phi) is 3.86. The summed E-state index contributed by atoms with van der Waals surface area (Å²) in [6.45, 7) is 6.25.